The molecule has 0 radical (unpaired) electrons. The van der Waals surface area contributed by atoms with Gasteiger partial charge in [0.15, 0.2) is 0 Å². The van der Waals surface area contributed by atoms with Gasteiger partial charge < -0.3 is 15.7 Å². The van der Waals surface area contributed by atoms with Gasteiger partial charge in [-0.2, -0.15) is 0 Å². The Morgan fingerprint density at radius 3 is 2.12 bits per heavy atom. The van der Waals surface area contributed by atoms with Gasteiger partial charge in [-0.25, -0.2) is 4.79 Å². The predicted octanol–water partition coefficient (Wildman–Crippen LogP) is 4.97. The molecule has 0 bridgehead atoms. The molecule has 0 aliphatic rings. The van der Waals surface area contributed by atoms with E-state index < -0.39 is 6.09 Å². The van der Waals surface area contributed by atoms with E-state index in [0.717, 1.165) is 12.1 Å². The maximum atomic E-state index is 11.7. The van der Waals surface area contributed by atoms with Crippen molar-refractivity contribution in [3.63, 3.8) is 0 Å². The molecular formula is C20H32N2O3. The van der Waals surface area contributed by atoms with E-state index >= 15 is 0 Å². The quantitative estimate of drug-likeness (QED) is 0.441. The van der Waals surface area contributed by atoms with Crippen LogP contribution in [0.15, 0.2) is 24.3 Å². The third kappa shape index (κ3) is 11.2. The first kappa shape index (κ1) is 21.0. The van der Waals surface area contributed by atoms with Crippen LogP contribution in [-0.2, 0) is 11.2 Å². The molecule has 0 saturated carbocycles. The molecule has 5 heteroatoms. The predicted molar refractivity (Wildman–Crippen MR) is 102 cm³/mol. The average molecular weight is 348 g/mol. The van der Waals surface area contributed by atoms with Crippen LogP contribution >= 0.6 is 0 Å². The topological polar surface area (TPSA) is 78.4 Å². The fraction of sp³-hybridized carbons (Fsp3) is 0.600. The summed E-state index contributed by atoms with van der Waals surface area (Å²) in [5.41, 5.74) is 2.04. The van der Waals surface area contributed by atoms with E-state index in [1.165, 1.54) is 56.9 Å². The van der Waals surface area contributed by atoms with Crippen LogP contribution in [0.25, 0.3) is 0 Å². The first-order valence-electron chi connectivity index (χ1n) is 9.47. The van der Waals surface area contributed by atoms with Gasteiger partial charge in [-0.1, -0.05) is 64.0 Å². The SMILES string of the molecule is CCCCCCCCCCc1ccc(NC(=O)CCNC(=O)O)cc1. The molecule has 0 fully saturated rings. The largest absolute Gasteiger partial charge is 0.465 e. The summed E-state index contributed by atoms with van der Waals surface area (Å²) in [7, 11) is 0. The minimum Gasteiger partial charge on any atom is -0.465 e. The zero-order chi connectivity index (χ0) is 18.3. The van der Waals surface area contributed by atoms with Crippen LogP contribution in [0.3, 0.4) is 0 Å². The van der Waals surface area contributed by atoms with Gasteiger partial charge in [0.2, 0.25) is 5.91 Å². The Morgan fingerprint density at radius 2 is 1.52 bits per heavy atom. The number of aryl methyl sites for hydroxylation is 1. The van der Waals surface area contributed by atoms with E-state index in [2.05, 4.69) is 17.6 Å². The summed E-state index contributed by atoms with van der Waals surface area (Å²) < 4.78 is 0. The standard InChI is InChI=1S/C20H32N2O3/c1-2-3-4-5-6-7-8-9-10-17-11-13-18(14-12-17)22-19(23)15-16-21-20(24)25/h11-14,21H,2-10,15-16H2,1H3,(H,22,23)(H,24,25). The zero-order valence-corrected chi connectivity index (χ0v) is 15.4. The fourth-order valence-electron chi connectivity index (χ4n) is 2.72. The molecule has 0 saturated heterocycles. The lowest BCUT2D eigenvalue weighted by molar-refractivity contribution is -0.116. The van der Waals surface area contributed by atoms with Crippen molar-refractivity contribution in [2.75, 3.05) is 11.9 Å². The van der Waals surface area contributed by atoms with Crippen molar-refractivity contribution in [2.24, 2.45) is 0 Å². The Kier molecular flexibility index (Phi) is 11.2. The van der Waals surface area contributed by atoms with Gasteiger partial charge in [-0.3, -0.25) is 4.79 Å². The average Bonchev–Trinajstić information content (AvgIpc) is 2.58. The summed E-state index contributed by atoms with van der Waals surface area (Å²) in [5.74, 6) is -0.190. The molecule has 1 aromatic carbocycles. The third-order valence-electron chi connectivity index (χ3n) is 4.18. The highest BCUT2D eigenvalue weighted by Gasteiger charge is 2.03. The van der Waals surface area contributed by atoms with Gasteiger partial charge in [0.05, 0.1) is 0 Å². The van der Waals surface area contributed by atoms with Gasteiger partial charge in [-0.05, 0) is 30.5 Å². The molecule has 140 valence electrons. The second-order valence-corrected chi connectivity index (χ2v) is 6.45. The highest BCUT2D eigenvalue weighted by molar-refractivity contribution is 5.91. The van der Waals surface area contributed by atoms with Gasteiger partial charge >= 0.3 is 6.09 Å². The molecule has 0 atom stereocenters. The van der Waals surface area contributed by atoms with Gasteiger partial charge in [0, 0.05) is 18.7 Å². The summed E-state index contributed by atoms with van der Waals surface area (Å²) in [4.78, 5) is 22.0. The van der Waals surface area contributed by atoms with Crippen LogP contribution in [-0.4, -0.2) is 23.7 Å². The molecule has 0 aromatic heterocycles. The van der Waals surface area contributed by atoms with E-state index in [9.17, 15) is 9.59 Å². The lowest BCUT2D eigenvalue weighted by Gasteiger charge is -2.07. The van der Waals surface area contributed by atoms with E-state index in [-0.39, 0.29) is 18.9 Å². The fourth-order valence-corrected chi connectivity index (χ4v) is 2.72. The first-order valence-corrected chi connectivity index (χ1v) is 9.47. The van der Waals surface area contributed by atoms with E-state index in [1.807, 2.05) is 24.3 Å². The molecule has 25 heavy (non-hydrogen) atoms. The molecule has 0 aliphatic carbocycles. The number of carbonyl (C=O) groups is 2. The maximum absolute atomic E-state index is 11.7. The van der Waals surface area contributed by atoms with Crippen molar-refractivity contribution in [1.29, 1.82) is 0 Å². The van der Waals surface area contributed by atoms with Crippen LogP contribution in [0.5, 0.6) is 0 Å². The minimum absolute atomic E-state index is 0.123. The maximum Gasteiger partial charge on any atom is 0.404 e. The summed E-state index contributed by atoms with van der Waals surface area (Å²) in [6.45, 7) is 2.37. The van der Waals surface area contributed by atoms with Gasteiger partial charge in [0.1, 0.15) is 0 Å². The number of hydrogen-bond donors (Lipinski definition) is 3. The number of anilines is 1. The van der Waals surface area contributed by atoms with Crippen molar-refractivity contribution in [3.8, 4) is 0 Å². The van der Waals surface area contributed by atoms with Crippen molar-refractivity contribution < 1.29 is 14.7 Å². The second-order valence-electron chi connectivity index (χ2n) is 6.45. The highest BCUT2D eigenvalue weighted by atomic mass is 16.4. The number of amides is 2. The minimum atomic E-state index is -1.11. The van der Waals surface area contributed by atoms with E-state index in [0.29, 0.717) is 0 Å². The van der Waals surface area contributed by atoms with Gasteiger partial charge in [-0.15, -0.1) is 0 Å². The number of hydrogen-bond acceptors (Lipinski definition) is 2. The number of benzene rings is 1. The number of nitrogens with one attached hydrogen (secondary N) is 2. The second kappa shape index (κ2) is 13.3. The Bertz CT molecular complexity index is 500. The van der Waals surface area contributed by atoms with E-state index in [4.69, 9.17) is 5.11 Å². The molecule has 1 rings (SSSR count). The van der Waals surface area contributed by atoms with Crippen LogP contribution in [0, 0.1) is 0 Å². The summed E-state index contributed by atoms with van der Waals surface area (Å²) >= 11 is 0. The first-order chi connectivity index (χ1) is 12.1. The third-order valence-corrected chi connectivity index (χ3v) is 4.18. The number of unbranched alkanes of at least 4 members (excludes halogenated alkanes) is 7. The van der Waals surface area contributed by atoms with Crippen molar-refractivity contribution >= 4 is 17.7 Å². The molecular weight excluding hydrogens is 316 g/mol. The number of carboxylic acid groups (broad SMARTS) is 1. The Balaban J connectivity index is 2.14. The normalized spacial score (nSPS) is 10.4. The van der Waals surface area contributed by atoms with E-state index in [1.54, 1.807) is 0 Å². The Labute approximate surface area is 151 Å². The molecule has 5 nitrogen and oxygen atoms in total. The van der Waals surface area contributed by atoms with Gasteiger partial charge in [0.25, 0.3) is 0 Å². The summed E-state index contributed by atoms with van der Waals surface area (Å²) in [6, 6.07) is 7.91. The molecule has 3 N–H and O–H groups in total. The number of rotatable bonds is 13. The van der Waals surface area contributed by atoms with Crippen LogP contribution < -0.4 is 10.6 Å². The van der Waals surface area contributed by atoms with Crippen LogP contribution in [0.4, 0.5) is 10.5 Å². The molecule has 0 spiro atoms. The van der Waals surface area contributed by atoms with Crippen molar-refractivity contribution in [3.05, 3.63) is 29.8 Å². The summed E-state index contributed by atoms with van der Waals surface area (Å²) in [6.07, 6.45) is 10.6. The molecule has 2 amide bonds. The lowest BCUT2D eigenvalue weighted by atomic mass is 10.0. The van der Waals surface area contributed by atoms with Crippen LogP contribution in [0.2, 0.25) is 0 Å². The monoisotopic (exact) mass is 348 g/mol. The molecule has 0 aliphatic heterocycles. The Hall–Kier alpha value is -2.04. The summed E-state index contributed by atoms with van der Waals surface area (Å²) in [5, 5.41) is 13.4. The Morgan fingerprint density at radius 1 is 0.920 bits per heavy atom. The smallest absolute Gasteiger partial charge is 0.404 e. The van der Waals surface area contributed by atoms with Crippen LogP contribution in [0.1, 0.15) is 70.3 Å². The molecule has 0 unspecified atom stereocenters. The highest BCUT2D eigenvalue weighted by Crippen LogP contribution is 2.14. The molecule has 1 aromatic rings. The van der Waals surface area contributed by atoms with Crippen molar-refractivity contribution in [1.82, 2.24) is 5.32 Å². The van der Waals surface area contributed by atoms with Crippen molar-refractivity contribution in [2.45, 2.75) is 71.1 Å². The zero-order valence-electron chi connectivity index (χ0n) is 15.4. The number of carbonyl (C=O) groups excluding carboxylic acids is 1. The molecule has 0 heterocycles. The lowest BCUT2D eigenvalue weighted by Crippen LogP contribution is -2.25.